The minimum atomic E-state index is -4.56. The average Bonchev–Trinajstić information content (AvgIpc) is 2.24. The number of carboxylic acids is 1. The number of ether oxygens (including phenoxy) is 1. The van der Waals surface area contributed by atoms with E-state index in [1.807, 2.05) is 0 Å². The van der Waals surface area contributed by atoms with E-state index in [4.69, 9.17) is 5.11 Å². The minimum Gasteiger partial charge on any atom is -0.477 e. The smallest absolute Gasteiger partial charge is 0.422 e. The van der Waals surface area contributed by atoms with Gasteiger partial charge in [0, 0.05) is 0 Å². The predicted octanol–water partition coefficient (Wildman–Crippen LogP) is 2.69. The predicted molar refractivity (Wildman–Crippen MR) is 54.1 cm³/mol. The highest BCUT2D eigenvalue weighted by molar-refractivity contribution is 5.89. The molecular formula is C11H9F3O3. The second-order valence-electron chi connectivity index (χ2n) is 3.13. The number of benzene rings is 1. The monoisotopic (exact) mass is 246 g/mol. The van der Waals surface area contributed by atoms with E-state index in [9.17, 15) is 18.0 Å². The highest BCUT2D eigenvalue weighted by atomic mass is 19.4. The summed E-state index contributed by atoms with van der Waals surface area (Å²) in [7, 11) is 0. The van der Waals surface area contributed by atoms with Gasteiger partial charge in [-0.05, 0) is 11.6 Å². The molecule has 0 radical (unpaired) electrons. The van der Waals surface area contributed by atoms with Crippen molar-refractivity contribution in [2.75, 3.05) is 6.61 Å². The maximum absolute atomic E-state index is 11.9. The van der Waals surface area contributed by atoms with E-state index in [2.05, 4.69) is 4.74 Å². The first-order valence-corrected chi connectivity index (χ1v) is 4.58. The van der Waals surface area contributed by atoms with Crippen LogP contribution in [0.1, 0.15) is 5.56 Å². The second-order valence-corrected chi connectivity index (χ2v) is 3.13. The number of carbonyl (C=O) groups is 1. The lowest BCUT2D eigenvalue weighted by molar-refractivity contribution is -0.169. The van der Waals surface area contributed by atoms with Gasteiger partial charge in [-0.2, -0.15) is 13.2 Å². The summed E-state index contributed by atoms with van der Waals surface area (Å²) in [5.74, 6) is -2.29. The molecule has 1 aromatic rings. The third-order valence-corrected chi connectivity index (χ3v) is 1.70. The molecule has 0 unspecified atom stereocenters. The van der Waals surface area contributed by atoms with E-state index in [1.54, 1.807) is 30.3 Å². The highest BCUT2D eigenvalue weighted by Crippen LogP contribution is 2.17. The molecule has 0 heterocycles. The molecule has 3 nitrogen and oxygen atoms in total. The molecule has 1 rings (SSSR count). The summed E-state index contributed by atoms with van der Waals surface area (Å²) in [5, 5.41) is 8.67. The molecular weight excluding hydrogens is 237 g/mol. The van der Waals surface area contributed by atoms with E-state index >= 15 is 0 Å². The van der Waals surface area contributed by atoms with Gasteiger partial charge in [0.1, 0.15) is 0 Å². The third kappa shape index (κ3) is 5.05. The van der Waals surface area contributed by atoms with Crippen molar-refractivity contribution >= 4 is 12.0 Å². The molecule has 0 amide bonds. The first-order chi connectivity index (χ1) is 7.88. The topological polar surface area (TPSA) is 46.5 Å². The normalized spacial score (nSPS) is 12.3. The Labute approximate surface area is 95.1 Å². The Morgan fingerprint density at radius 1 is 1.29 bits per heavy atom. The van der Waals surface area contributed by atoms with Crippen molar-refractivity contribution in [2.24, 2.45) is 0 Å². The van der Waals surface area contributed by atoms with Gasteiger partial charge in [-0.3, -0.25) is 0 Å². The van der Waals surface area contributed by atoms with Crippen LogP contribution < -0.4 is 0 Å². The molecule has 0 bridgehead atoms. The Kier molecular flexibility index (Phi) is 4.14. The Bertz CT molecular complexity index is 410. The molecule has 0 aliphatic heterocycles. The molecule has 92 valence electrons. The van der Waals surface area contributed by atoms with Crippen molar-refractivity contribution in [3.63, 3.8) is 0 Å². The van der Waals surface area contributed by atoms with Gasteiger partial charge >= 0.3 is 12.1 Å². The lowest BCUT2D eigenvalue weighted by Gasteiger charge is -2.09. The third-order valence-electron chi connectivity index (χ3n) is 1.70. The summed E-state index contributed by atoms with van der Waals surface area (Å²) < 4.78 is 39.8. The summed E-state index contributed by atoms with van der Waals surface area (Å²) in [6.07, 6.45) is -3.53. The van der Waals surface area contributed by atoms with Crippen molar-refractivity contribution in [3.05, 3.63) is 41.7 Å². The zero-order valence-corrected chi connectivity index (χ0v) is 8.57. The number of carboxylic acid groups (broad SMARTS) is 1. The van der Waals surface area contributed by atoms with Gasteiger partial charge in [0.25, 0.3) is 0 Å². The van der Waals surface area contributed by atoms with Crippen LogP contribution in [-0.2, 0) is 9.53 Å². The largest absolute Gasteiger partial charge is 0.477 e. The van der Waals surface area contributed by atoms with Crippen LogP contribution in [0.3, 0.4) is 0 Å². The van der Waals surface area contributed by atoms with Gasteiger partial charge in [-0.25, -0.2) is 4.79 Å². The SMILES string of the molecule is O=C(O)C(=Cc1ccccc1)OCC(F)(F)F. The highest BCUT2D eigenvalue weighted by Gasteiger charge is 2.29. The fraction of sp³-hybridized carbons (Fsp3) is 0.182. The van der Waals surface area contributed by atoms with Crippen LogP contribution >= 0.6 is 0 Å². The van der Waals surface area contributed by atoms with Crippen LogP contribution in [0.25, 0.3) is 6.08 Å². The molecule has 0 saturated heterocycles. The minimum absolute atomic E-state index is 0.451. The van der Waals surface area contributed by atoms with E-state index < -0.39 is 24.5 Å². The molecule has 0 atom stereocenters. The number of halogens is 3. The van der Waals surface area contributed by atoms with Crippen molar-refractivity contribution in [2.45, 2.75) is 6.18 Å². The van der Waals surface area contributed by atoms with Crippen LogP contribution in [-0.4, -0.2) is 23.9 Å². The van der Waals surface area contributed by atoms with Gasteiger partial charge in [0.15, 0.2) is 6.61 Å². The Hall–Kier alpha value is -1.98. The van der Waals surface area contributed by atoms with E-state index in [0.717, 1.165) is 6.08 Å². The van der Waals surface area contributed by atoms with Gasteiger partial charge in [-0.1, -0.05) is 30.3 Å². The van der Waals surface area contributed by atoms with Gasteiger partial charge in [0.2, 0.25) is 5.76 Å². The van der Waals surface area contributed by atoms with Gasteiger partial charge in [-0.15, -0.1) is 0 Å². The maximum Gasteiger partial charge on any atom is 0.422 e. The van der Waals surface area contributed by atoms with Crippen molar-refractivity contribution < 1.29 is 27.8 Å². The first-order valence-electron chi connectivity index (χ1n) is 4.58. The Morgan fingerprint density at radius 3 is 2.35 bits per heavy atom. The molecule has 1 N–H and O–H groups in total. The Balaban J connectivity index is 2.80. The molecule has 17 heavy (non-hydrogen) atoms. The van der Waals surface area contributed by atoms with E-state index in [-0.39, 0.29) is 0 Å². The summed E-state index contributed by atoms with van der Waals surface area (Å²) in [5.41, 5.74) is 0.451. The average molecular weight is 246 g/mol. The number of hydrogen-bond donors (Lipinski definition) is 1. The van der Waals surface area contributed by atoms with Crippen LogP contribution in [0, 0.1) is 0 Å². The van der Waals surface area contributed by atoms with Crippen LogP contribution in [0.2, 0.25) is 0 Å². The summed E-state index contributed by atoms with van der Waals surface area (Å²) >= 11 is 0. The van der Waals surface area contributed by atoms with Crippen LogP contribution in [0.5, 0.6) is 0 Å². The van der Waals surface area contributed by atoms with Gasteiger partial charge < -0.3 is 9.84 Å². The number of alkyl halides is 3. The molecule has 6 heteroatoms. The van der Waals surface area contributed by atoms with Crippen molar-refractivity contribution in [1.29, 1.82) is 0 Å². The van der Waals surface area contributed by atoms with Crippen LogP contribution in [0.4, 0.5) is 13.2 Å². The van der Waals surface area contributed by atoms with Crippen molar-refractivity contribution in [1.82, 2.24) is 0 Å². The van der Waals surface area contributed by atoms with Gasteiger partial charge in [0.05, 0.1) is 0 Å². The molecule has 0 spiro atoms. The fourth-order valence-corrected chi connectivity index (χ4v) is 1.03. The van der Waals surface area contributed by atoms with E-state index in [0.29, 0.717) is 5.56 Å². The number of rotatable bonds is 4. The zero-order chi connectivity index (χ0) is 12.9. The van der Waals surface area contributed by atoms with Crippen molar-refractivity contribution in [3.8, 4) is 0 Å². The zero-order valence-electron chi connectivity index (χ0n) is 8.57. The molecule has 1 aromatic carbocycles. The summed E-state index contributed by atoms with van der Waals surface area (Å²) in [4.78, 5) is 10.7. The Morgan fingerprint density at radius 2 is 1.88 bits per heavy atom. The van der Waals surface area contributed by atoms with Crippen LogP contribution in [0.15, 0.2) is 36.1 Å². The number of hydrogen-bond acceptors (Lipinski definition) is 2. The maximum atomic E-state index is 11.9. The first kappa shape index (κ1) is 13.1. The molecule has 0 fully saturated rings. The molecule has 0 aliphatic carbocycles. The second kappa shape index (κ2) is 5.38. The molecule has 0 saturated carbocycles. The molecule has 0 aromatic heterocycles. The standard InChI is InChI=1S/C11H9F3O3/c12-11(13,14)7-17-9(10(15)16)6-8-4-2-1-3-5-8/h1-6H,7H2,(H,15,16). The molecule has 0 aliphatic rings. The quantitative estimate of drug-likeness (QED) is 0.656. The van der Waals surface area contributed by atoms with E-state index in [1.165, 1.54) is 0 Å². The lowest BCUT2D eigenvalue weighted by Crippen LogP contribution is -2.19. The fourth-order valence-electron chi connectivity index (χ4n) is 1.03. The number of aliphatic carboxylic acids is 1. The summed E-state index contributed by atoms with van der Waals surface area (Å²) in [6, 6.07) is 8.08. The lowest BCUT2D eigenvalue weighted by atomic mass is 10.2. The summed E-state index contributed by atoms with van der Waals surface area (Å²) in [6.45, 7) is -1.63.